The SMILES string of the molecule is C#CCOCCOc1ccc2c3c1C1CCCC1N3CCN(C(C)=O)C2. The topological polar surface area (TPSA) is 42.0 Å². The normalized spacial score (nSPS) is 23.2. The van der Waals surface area contributed by atoms with E-state index in [9.17, 15) is 4.79 Å². The molecule has 4 rings (SSSR count). The molecule has 1 fully saturated rings. The number of hydrogen-bond acceptors (Lipinski definition) is 4. The van der Waals surface area contributed by atoms with Crippen molar-refractivity contribution < 1.29 is 14.3 Å². The molecule has 138 valence electrons. The molecule has 0 aromatic heterocycles. The largest absolute Gasteiger partial charge is 0.491 e. The molecule has 0 radical (unpaired) electrons. The van der Waals surface area contributed by atoms with Crippen LogP contribution in [0.1, 0.15) is 43.2 Å². The highest BCUT2D eigenvalue weighted by Crippen LogP contribution is 2.54. The van der Waals surface area contributed by atoms with Crippen LogP contribution < -0.4 is 9.64 Å². The van der Waals surface area contributed by atoms with E-state index in [1.54, 1.807) is 6.92 Å². The molecular weight excluding hydrogens is 328 g/mol. The Kier molecular flexibility index (Phi) is 4.78. The van der Waals surface area contributed by atoms with Gasteiger partial charge < -0.3 is 19.3 Å². The Balaban J connectivity index is 1.63. The molecule has 1 aromatic rings. The molecule has 1 aromatic carbocycles. The minimum Gasteiger partial charge on any atom is -0.491 e. The van der Waals surface area contributed by atoms with Crippen molar-refractivity contribution in [3.63, 3.8) is 0 Å². The first kappa shape index (κ1) is 17.2. The number of anilines is 1. The van der Waals surface area contributed by atoms with E-state index in [4.69, 9.17) is 15.9 Å². The number of amides is 1. The molecule has 1 aliphatic carbocycles. The zero-order chi connectivity index (χ0) is 18.1. The molecule has 0 N–H and O–H groups in total. The average molecular weight is 354 g/mol. The van der Waals surface area contributed by atoms with E-state index >= 15 is 0 Å². The van der Waals surface area contributed by atoms with Crippen molar-refractivity contribution in [2.45, 2.75) is 44.7 Å². The van der Waals surface area contributed by atoms with Crippen LogP contribution in [-0.2, 0) is 16.1 Å². The third-order valence-electron chi connectivity index (χ3n) is 5.89. The predicted octanol–water partition coefficient (Wildman–Crippen LogP) is 2.53. The first-order valence-electron chi connectivity index (χ1n) is 9.52. The zero-order valence-corrected chi connectivity index (χ0v) is 15.4. The third-order valence-corrected chi connectivity index (χ3v) is 5.89. The van der Waals surface area contributed by atoms with Gasteiger partial charge in [-0.2, -0.15) is 0 Å². The van der Waals surface area contributed by atoms with Crippen LogP contribution in [0.5, 0.6) is 5.75 Å². The van der Waals surface area contributed by atoms with Gasteiger partial charge in [-0.15, -0.1) is 6.42 Å². The number of nitrogens with zero attached hydrogens (tertiary/aromatic N) is 2. The number of terminal acetylenes is 1. The van der Waals surface area contributed by atoms with Crippen LogP contribution >= 0.6 is 0 Å². The van der Waals surface area contributed by atoms with Gasteiger partial charge in [-0.1, -0.05) is 18.4 Å². The lowest BCUT2D eigenvalue weighted by Gasteiger charge is -2.27. The smallest absolute Gasteiger partial charge is 0.219 e. The molecule has 26 heavy (non-hydrogen) atoms. The van der Waals surface area contributed by atoms with Gasteiger partial charge in [0, 0.05) is 49.8 Å². The molecule has 2 heterocycles. The highest BCUT2D eigenvalue weighted by molar-refractivity contribution is 5.76. The second-order valence-corrected chi connectivity index (χ2v) is 7.33. The van der Waals surface area contributed by atoms with E-state index in [0.29, 0.717) is 38.3 Å². The molecule has 0 saturated heterocycles. The fourth-order valence-corrected chi connectivity index (χ4v) is 4.80. The fraction of sp³-hybridized carbons (Fsp3) is 0.571. The van der Waals surface area contributed by atoms with Crippen LogP contribution in [0.4, 0.5) is 5.69 Å². The van der Waals surface area contributed by atoms with Crippen molar-refractivity contribution in [3.05, 3.63) is 23.3 Å². The zero-order valence-electron chi connectivity index (χ0n) is 15.4. The minimum atomic E-state index is 0.147. The van der Waals surface area contributed by atoms with Crippen molar-refractivity contribution in [2.24, 2.45) is 0 Å². The average Bonchev–Trinajstić information content (AvgIpc) is 3.15. The number of carbonyl (C=O) groups excluding carboxylic acids is 1. The van der Waals surface area contributed by atoms with Gasteiger partial charge in [0.05, 0.1) is 6.61 Å². The molecule has 0 spiro atoms. The lowest BCUT2D eigenvalue weighted by Crippen LogP contribution is -2.37. The van der Waals surface area contributed by atoms with Gasteiger partial charge in [0.25, 0.3) is 0 Å². The molecule has 0 bridgehead atoms. The fourth-order valence-electron chi connectivity index (χ4n) is 4.80. The summed E-state index contributed by atoms with van der Waals surface area (Å²) in [5, 5.41) is 0. The molecule has 2 aliphatic heterocycles. The van der Waals surface area contributed by atoms with Gasteiger partial charge >= 0.3 is 0 Å². The molecule has 1 saturated carbocycles. The van der Waals surface area contributed by atoms with Gasteiger partial charge in [0.15, 0.2) is 0 Å². The maximum absolute atomic E-state index is 11.9. The quantitative estimate of drug-likeness (QED) is 0.602. The van der Waals surface area contributed by atoms with Gasteiger partial charge in [-0.3, -0.25) is 4.79 Å². The maximum Gasteiger partial charge on any atom is 0.219 e. The van der Waals surface area contributed by atoms with E-state index in [0.717, 1.165) is 18.8 Å². The van der Waals surface area contributed by atoms with E-state index in [-0.39, 0.29) is 5.91 Å². The van der Waals surface area contributed by atoms with Crippen molar-refractivity contribution in [1.82, 2.24) is 4.90 Å². The van der Waals surface area contributed by atoms with Crippen LogP contribution in [-0.4, -0.2) is 49.8 Å². The van der Waals surface area contributed by atoms with Crippen LogP contribution in [0.3, 0.4) is 0 Å². The lowest BCUT2D eigenvalue weighted by atomic mass is 9.94. The summed E-state index contributed by atoms with van der Waals surface area (Å²) >= 11 is 0. The van der Waals surface area contributed by atoms with Gasteiger partial charge in [0.1, 0.15) is 19.0 Å². The Labute approximate surface area is 155 Å². The van der Waals surface area contributed by atoms with E-state index in [1.165, 1.54) is 36.1 Å². The monoisotopic (exact) mass is 354 g/mol. The Morgan fingerprint density at radius 1 is 1.31 bits per heavy atom. The van der Waals surface area contributed by atoms with Crippen molar-refractivity contribution in [3.8, 4) is 18.1 Å². The summed E-state index contributed by atoms with van der Waals surface area (Å²) in [6.45, 7) is 5.38. The number of ether oxygens (including phenoxy) is 2. The van der Waals surface area contributed by atoms with Crippen molar-refractivity contribution >= 4 is 11.6 Å². The molecule has 2 atom stereocenters. The van der Waals surface area contributed by atoms with Crippen LogP contribution in [0.25, 0.3) is 0 Å². The molecule has 3 aliphatic rings. The van der Waals surface area contributed by atoms with E-state index in [2.05, 4.69) is 23.0 Å². The highest BCUT2D eigenvalue weighted by Gasteiger charge is 2.45. The number of fused-ring (bicyclic) bond motifs is 3. The summed E-state index contributed by atoms with van der Waals surface area (Å²) in [4.78, 5) is 16.4. The Morgan fingerprint density at radius 2 is 2.19 bits per heavy atom. The van der Waals surface area contributed by atoms with Crippen LogP contribution in [0.2, 0.25) is 0 Å². The Morgan fingerprint density at radius 3 is 3.00 bits per heavy atom. The van der Waals surface area contributed by atoms with Gasteiger partial charge in [-0.05, 0) is 24.5 Å². The van der Waals surface area contributed by atoms with Crippen molar-refractivity contribution in [2.75, 3.05) is 37.8 Å². The van der Waals surface area contributed by atoms with Gasteiger partial charge in [-0.25, -0.2) is 0 Å². The second kappa shape index (κ2) is 7.20. The molecular formula is C21H26N2O3. The van der Waals surface area contributed by atoms with E-state index in [1.807, 2.05) is 4.90 Å². The molecule has 1 amide bonds. The van der Waals surface area contributed by atoms with Crippen molar-refractivity contribution in [1.29, 1.82) is 0 Å². The summed E-state index contributed by atoms with van der Waals surface area (Å²) in [6, 6.07) is 4.77. The Bertz CT molecular complexity index is 740. The summed E-state index contributed by atoms with van der Waals surface area (Å²) < 4.78 is 11.4. The van der Waals surface area contributed by atoms with E-state index < -0.39 is 0 Å². The standard InChI is InChI=1S/C21H26N2O3/c1-3-11-25-12-13-26-19-8-7-16-14-22(15(2)24)9-10-23-18-6-4-5-17(18)20(19)21(16)23/h1,7-8,17-18H,4-6,9-14H2,2H3. The molecule has 5 heteroatoms. The third kappa shape index (κ3) is 2.93. The molecule has 5 nitrogen and oxygen atoms in total. The maximum atomic E-state index is 11.9. The summed E-state index contributed by atoms with van der Waals surface area (Å²) in [5.41, 5.74) is 3.93. The minimum absolute atomic E-state index is 0.147. The first-order chi connectivity index (χ1) is 12.7. The number of carbonyl (C=O) groups is 1. The van der Waals surface area contributed by atoms with Crippen LogP contribution in [0, 0.1) is 12.3 Å². The Hall–Kier alpha value is -2.19. The predicted molar refractivity (Wildman–Crippen MR) is 100 cm³/mol. The molecule has 2 unspecified atom stereocenters. The number of benzene rings is 1. The summed E-state index contributed by atoms with van der Waals surface area (Å²) in [7, 11) is 0. The summed E-state index contributed by atoms with van der Waals surface area (Å²) in [6.07, 6.45) is 8.91. The first-order valence-corrected chi connectivity index (χ1v) is 9.52. The second-order valence-electron chi connectivity index (χ2n) is 7.33. The lowest BCUT2D eigenvalue weighted by molar-refractivity contribution is -0.129. The number of hydrogen-bond donors (Lipinski definition) is 0. The van der Waals surface area contributed by atoms with Gasteiger partial charge in [0.2, 0.25) is 5.91 Å². The highest BCUT2D eigenvalue weighted by atomic mass is 16.5. The number of rotatable bonds is 5. The summed E-state index contributed by atoms with van der Waals surface area (Å²) in [5.74, 6) is 4.14. The van der Waals surface area contributed by atoms with Crippen LogP contribution in [0.15, 0.2) is 12.1 Å².